The van der Waals surface area contributed by atoms with Gasteiger partial charge in [-0.1, -0.05) is 44.2 Å². The van der Waals surface area contributed by atoms with Crippen molar-refractivity contribution >= 4 is 0 Å². The van der Waals surface area contributed by atoms with Crippen LogP contribution in [-0.2, 0) is 0 Å². The van der Waals surface area contributed by atoms with Crippen LogP contribution in [0.15, 0.2) is 5.18 Å². The van der Waals surface area contributed by atoms with Gasteiger partial charge in [-0.3, -0.25) is 0 Å². The molecule has 0 aromatic rings. The van der Waals surface area contributed by atoms with E-state index in [9.17, 15) is 4.91 Å². The number of nitroso groups, excluding NO2 is 1. The van der Waals surface area contributed by atoms with Gasteiger partial charge in [-0.15, -0.1) is 0 Å². The normalized spacial score (nSPS) is 10.4. The van der Waals surface area contributed by atoms with E-state index in [2.05, 4.69) is 17.4 Å². The second kappa shape index (κ2) is 12.6. The molecule has 0 aromatic carbocycles. The summed E-state index contributed by atoms with van der Waals surface area (Å²) in [6.07, 6.45) is 8.91. The zero-order chi connectivity index (χ0) is 10.5. The highest BCUT2D eigenvalue weighted by molar-refractivity contribution is 4.51. The summed E-state index contributed by atoms with van der Waals surface area (Å²) in [6, 6.07) is 0. The molecule has 0 heterocycles. The van der Waals surface area contributed by atoms with Gasteiger partial charge < -0.3 is 5.32 Å². The summed E-state index contributed by atoms with van der Waals surface area (Å²) in [5.74, 6) is 0. The molecule has 0 aliphatic rings. The minimum atomic E-state index is 0.448. The fraction of sp³-hybridized carbons (Fsp3) is 1.00. The number of hydrogen-bond donors (Lipinski definition) is 1. The first-order valence-electron chi connectivity index (χ1n) is 5.91. The lowest BCUT2D eigenvalue weighted by Crippen LogP contribution is -2.17. The molecule has 0 saturated carbocycles. The Morgan fingerprint density at radius 2 is 1.57 bits per heavy atom. The van der Waals surface area contributed by atoms with E-state index in [-0.39, 0.29) is 0 Å². The van der Waals surface area contributed by atoms with Crippen LogP contribution < -0.4 is 5.32 Å². The Kier molecular flexibility index (Phi) is 12.2. The van der Waals surface area contributed by atoms with Crippen LogP contribution in [0, 0.1) is 4.91 Å². The number of rotatable bonds is 11. The predicted octanol–water partition coefficient (Wildman–Crippen LogP) is 3.09. The Morgan fingerprint density at radius 1 is 0.929 bits per heavy atom. The van der Waals surface area contributed by atoms with Crippen LogP contribution in [0.2, 0.25) is 0 Å². The Balaban J connectivity index is 2.81. The standard InChI is InChI=1S/C11H24N2O/c1-2-3-4-5-6-7-9-12-10-8-11-13-14/h12H,2-11H2,1H3. The zero-order valence-corrected chi connectivity index (χ0v) is 9.43. The minimum absolute atomic E-state index is 0.448. The van der Waals surface area contributed by atoms with Crippen LogP contribution in [0.1, 0.15) is 51.9 Å². The monoisotopic (exact) mass is 200 g/mol. The molecule has 0 spiro atoms. The molecule has 3 nitrogen and oxygen atoms in total. The zero-order valence-electron chi connectivity index (χ0n) is 9.43. The van der Waals surface area contributed by atoms with Crippen LogP contribution in [0.3, 0.4) is 0 Å². The number of unbranched alkanes of at least 4 members (excludes halogenated alkanes) is 5. The van der Waals surface area contributed by atoms with Crippen molar-refractivity contribution in [2.75, 3.05) is 19.6 Å². The van der Waals surface area contributed by atoms with Crippen LogP contribution in [0.5, 0.6) is 0 Å². The third-order valence-electron chi connectivity index (χ3n) is 2.31. The quantitative estimate of drug-likeness (QED) is 0.411. The summed E-state index contributed by atoms with van der Waals surface area (Å²) in [7, 11) is 0. The van der Waals surface area contributed by atoms with Crippen molar-refractivity contribution in [1.82, 2.24) is 5.32 Å². The molecule has 3 heteroatoms. The maximum atomic E-state index is 9.76. The van der Waals surface area contributed by atoms with Crippen LogP contribution in [0.4, 0.5) is 0 Å². The molecule has 0 saturated heterocycles. The van der Waals surface area contributed by atoms with Crippen molar-refractivity contribution in [3.8, 4) is 0 Å². The lowest BCUT2D eigenvalue weighted by atomic mass is 10.1. The van der Waals surface area contributed by atoms with Gasteiger partial charge in [0.15, 0.2) is 0 Å². The average molecular weight is 200 g/mol. The molecule has 0 aromatic heterocycles. The third kappa shape index (κ3) is 11.6. The summed E-state index contributed by atoms with van der Waals surface area (Å²) >= 11 is 0. The van der Waals surface area contributed by atoms with Crippen molar-refractivity contribution in [2.24, 2.45) is 5.18 Å². The van der Waals surface area contributed by atoms with E-state index in [1.807, 2.05) is 0 Å². The summed E-state index contributed by atoms with van der Waals surface area (Å²) in [5, 5.41) is 6.13. The summed E-state index contributed by atoms with van der Waals surface area (Å²) in [5.41, 5.74) is 0. The lowest BCUT2D eigenvalue weighted by Gasteiger charge is -2.02. The Bertz CT molecular complexity index is 118. The fourth-order valence-corrected chi connectivity index (χ4v) is 1.42. The summed E-state index contributed by atoms with van der Waals surface area (Å²) in [4.78, 5) is 9.76. The molecule has 0 bridgehead atoms. The Labute approximate surface area is 87.6 Å². The molecular formula is C11H24N2O. The van der Waals surface area contributed by atoms with E-state index in [0.29, 0.717) is 6.54 Å². The van der Waals surface area contributed by atoms with E-state index in [0.717, 1.165) is 19.5 Å². The highest BCUT2D eigenvalue weighted by atomic mass is 16.3. The van der Waals surface area contributed by atoms with Crippen molar-refractivity contribution in [3.05, 3.63) is 4.91 Å². The number of hydrogen-bond acceptors (Lipinski definition) is 3. The molecule has 0 aliphatic heterocycles. The second-order valence-electron chi connectivity index (χ2n) is 3.72. The summed E-state index contributed by atoms with van der Waals surface area (Å²) < 4.78 is 0. The molecule has 84 valence electrons. The first-order valence-corrected chi connectivity index (χ1v) is 5.91. The topological polar surface area (TPSA) is 41.5 Å². The van der Waals surface area contributed by atoms with E-state index in [1.165, 1.54) is 38.5 Å². The smallest absolute Gasteiger partial charge is 0.0823 e. The first kappa shape index (κ1) is 13.6. The molecule has 1 N–H and O–H groups in total. The van der Waals surface area contributed by atoms with Gasteiger partial charge in [0.1, 0.15) is 0 Å². The van der Waals surface area contributed by atoms with Gasteiger partial charge in [0.2, 0.25) is 0 Å². The van der Waals surface area contributed by atoms with Gasteiger partial charge in [0.25, 0.3) is 0 Å². The van der Waals surface area contributed by atoms with E-state index in [4.69, 9.17) is 0 Å². The van der Waals surface area contributed by atoms with Gasteiger partial charge in [-0.2, -0.15) is 4.91 Å². The van der Waals surface area contributed by atoms with Crippen LogP contribution >= 0.6 is 0 Å². The summed E-state index contributed by atoms with van der Waals surface area (Å²) in [6.45, 7) is 4.71. The first-order chi connectivity index (χ1) is 6.91. The third-order valence-corrected chi connectivity index (χ3v) is 2.31. The fourth-order valence-electron chi connectivity index (χ4n) is 1.42. The highest BCUT2D eigenvalue weighted by Gasteiger charge is 1.90. The van der Waals surface area contributed by atoms with E-state index >= 15 is 0 Å². The minimum Gasteiger partial charge on any atom is -0.317 e. The molecule has 0 atom stereocenters. The molecular weight excluding hydrogens is 176 g/mol. The van der Waals surface area contributed by atoms with Gasteiger partial charge in [0.05, 0.1) is 6.54 Å². The van der Waals surface area contributed by atoms with Gasteiger partial charge in [0, 0.05) is 0 Å². The SMILES string of the molecule is CCCCCCCCNCCCN=O. The second-order valence-corrected chi connectivity index (χ2v) is 3.72. The van der Waals surface area contributed by atoms with Crippen molar-refractivity contribution in [2.45, 2.75) is 51.9 Å². The van der Waals surface area contributed by atoms with Crippen LogP contribution in [-0.4, -0.2) is 19.6 Å². The van der Waals surface area contributed by atoms with Crippen molar-refractivity contribution < 1.29 is 0 Å². The molecule has 0 rings (SSSR count). The molecule has 0 amide bonds. The highest BCUT2D eigenvalue weighted by Crippen LogP contribution is 2.03. The van der Waals surface area contributed by atoms with Crippen molar-refractivity contribution in [1.29, 1.82) is 0 Å². The molecule has 0 unspecified atom stereocenters. The molecule has 0 radical (unpaired) electrons. The molecule has 14 heavy (non-hydrogen) atoms. The number of nitrogens with one attached hydrogen (secondary N) is 1. The lowest BCUT2D eigenvalue weighted by molar-refractivity contribution is 0.566. The van der Waals surface area contributed by atoms with Crippen molar-refractivity contribution in [3.63, 3.8) is 0 Å². The average Bonchev–Trinajstić information content (AvgIpc) is 2.21. The predicted molar refractivity (Wildman–Crippen MR) is 61.5 cm³/mol. The van der Waals surface area contributed by atoms with Gasteiger partial charge in [-0.25, -0.2) is 0 Å². The maximum Gasteiger partial charge on any atom is 0.0823 e. The van der Waals surface area contributed by atoms with E-state index in [1.54, 1.807) is 0 Å². The van der Waals surface area contributed by atoms with E-state index < -0.39 is 0 Å². The molecule has 0 aliphatic carbocycles. The van der Waals surface area contributed by atoms with Gasteiger partial charge in [-0.05, 0) is 25.9 Å². The van der Waals surface area contributed by atoms with Crippen LogP contribution in [0.25, 0.3) is 0 Å². The molecule has 0 fully saturated rings. The Hall–Kier alpha value is -0.440. The van der Waals surface area contributed by atoms with Gasteiger partial charge >= 0.3 is 0 Å². The Morgan fingerprint density at radius 3 is 2.29 bits per heavy atom. The largest absolute Gasteiger partial charge is 0.317 e. The maximum absolute atomic E-state index is 9.76. The number of nitrogens with zero attached hydrogens (tertiary/aromatic N) is 1.